The van der Waals surface area contributed by atoms with Gasteiger partial charge in [-0.1, -0.05) is 12.2 Å². The van der Waals surface area contributed by atoms with Gasteiger partial charge < -0.3 is 5.32 Å². The first kappa shape index (κ1) is 6.08. The molecule has 0 atom stereocenters. The van der Waals surface area contributed by atoms with Crippen LogP contribution in [0, 0.1) is 0 Å². The normalized spacial score (nSPS) is 18.3. The molecule has 1 rings (SSSR count). The van der Waals surface area contributed by atoms with Crippen molar-refractivity contribution in [2.45, 2.75) is 13.3 Å². The summed E-state index contributed by atoms with van der Waals surface area (Å²) in [6.07, 6.45) is 5.99. The first-order valence-corrected chi connectivity index (χ1v) is 2.92. The lowest BCUT2D eigenvalue weighted by molar-refractivity contribution is -0.119. The van der Waals surface area contributed by atoms with E-state index in [1.807, 2.05) is 19.1 Å². The predicted molar refractivity (Wildman–Crippen MR) is 35.7 cm³/mol. The Hall–Kier alpha value is -1.05. The van der Waals surface area contributed by atoms with Crippen LogP contribution < -0.4 is 5.32 Å². The third-order valence-electron chi connectivity index (χ3n) is 1.14. The quantitative estimate of drug-likeness (QED) is 0.511. The SMILES string of the molecule is CC1=CNC(=O)CC=C1. The molecule has 9 heavy (non-hydrogen) atoms. The minimum atomic E-state index is 0.0584. The minimum Gasteiger partial charge on any atom is -0.332 e. The second kappa shape index (κ2) is 2.49. The van der Waals surface area contributed by atoms with Gasteiger partial charge in [-0.25, -0.2) is 0 Å². The van der Waals surface area contributed by atoms with E-state index in [2.05, 4.69) is 5.32 Å². The van der Waals surface area contributed by atoms with Gasteiger partial charge >= 0.3 is 0 Å². The highest BCUT2D eigenvalue weighted by molar-refractivity contribution is 5.79. The Morgan fingerprint density at radius 3 is 3.22 bits per heavy atom. The summed E-state index contributed by atoms with van der Waals surface area (Å²) in [5.41, 5.74) is 1.08. The van der Waals surface area contributed by atoms with E-state index in [9.17, 15) is 4.79 Å². The molecule has 0 aromatic rings. The van der Waals surface area contributed by atoms with Gasteiger partial charge in [0.1, 0.15) is 0 Å². The average molecular weight is 123 g/mol. The Morgan fingerprint density at radius 1 is 1.67 bits per heavy atom. The summed E-state index contributed by atoms with van der Waals surface area (Å²) in [5, 5.41) is 2.63. The van der Waals surface area contributed by atoms with Gasteiger partial charge in [0.25, 0.3) is 0 Å². The van der Waals surface area contributed by atoms with Gasteiger partial charge in [-0.05, 0) is 12.5 Å². The van der Waals surface area contributed by atoms with Crippen molar-refractivity contribution in [2.75, 3.05) is 0 Å². The molecule has 2 nitrogen and oxygen atoms in total. The number of hydrogen-bond acceptors (Lipinski definition) is 1. The topological polar surface area (TPSA) is 29.1 Å². The molecule has 0 saturated heterocycles. The number of hydrogen-bond donors (Lipinski definition) is 1. The molecule has 0 aliphatic carbocycles. The molecule has 2 heteroatoms. The molecular weight excluding hydrogens is 114 g/mol. The highest BCUT2D eigenvalue weighted by Gasteiger charge is 1.97. The smallest absolute Gasteiger partial charge is 0.227 e. The Kier molecular flexibility index (Phi) is 1.68. The standard InChI is InChI=1S/C7H9NO/c1-6-3-2-4-7(9)8-5-6/h2-3,5H,4H2,1H3,(H,8,9). The first-order valence-electron chi connectivity index (χ1n) is 2.92. The Morgan fingerprint density at radius 2 is 2.44 bits per heavy atom. The maximum Gasteiger partial charge on any atom is 0.227 e. The number of carbonyl (C=O) groups excluding carboxylic acids is 1. The molecule has 0 bridgehead atoms. The van der Waals surface area contributed by atoms with E-state index in [0.717, 1.165) is 5.57 Å². The first-order chi connectivity index (χ1) is 4.29. The Labute approximate surface area is 54.3 Å². The molecule has 0 radical (unpaired) electrons. The summed E-state index contributed by atoms with van der Waals surface area (Å²) in [7, 11) is 0. The molecule has 1 amide bonds. The molecule has 0 fully saturated rings. The van der Waals surface area contributed by atoms with Crippen molar-refractivity contribution >= 4 is 5.91 Å². The van der Waals surface area contributed by atoms with Crippen LogP contribution in [0.5, 0.6) is 0 Å². The summed E-state index contributed by atoms with van der Waals surface area (Å²) < 4.78 is 0. The Bertz CT molecular complexity index is 179. The number of amides is 1. The summed E-state index contributed by atoms with van der Waals surface area (Å²) in [4.78, 5) is 10.6. The number of carbonyl (C=O) groups is 1. The zero-order chi connectivity index (χ0) is 6.69. The van der Waals surface area contributed by atoms with Crippen molar-refractivity contribution in [1.29, 1.82) is 0 Å². The lowest BCUT2D eigenvalue weighted by Gasteiger charge is -1.90. The third-order valence-corrected chi connectivity index (χ3v) is 1.14. The van der Waals surface area contributed by atoms with Gasteiger partial charge in [-0.15, -0.1) is 0 Å². The minimum absolute atomic E-state index is 0.0584. The molecule has 0 spiro atoms. The van der Waals surface area contributed by atoms with Crippen LogP contribution in [-0.4, -0.2) is 5.91 Å². The van der Waals surface area contributed by atoms with Crippen LogP contribution in [0.2, 0.25) is 0 Å². The van der Waals surface area contributed by atoms with Gasteiger partial charge in [0, 0.05) is 12.6 Å². The molecule has 1 heterocycles. The molecule has 1 N–H and O–H groups in total. The lowest BCUT2D eigenvalue weighted by Crippen LogP contribution is -2.14. The summed E-state index contributed by atoms with van der Waals surface area (Å²) in [6, 6.07) is 0. The van der Waals surface area contributed by atoms with E-state index < -0.39 is 0 Å². The number of nitrogens with one attached hydrogen (secondary N) is 1. The zero-order valence-electron chi connectivity index (χ0n) is 5.35. The molecule has 0 unspecified atom stereocenters. The van der Waals surface area contributed by atoms with Gasteiger partial charge in [-0.3, -0.25) is 4.79 Å². The van der Waals surface area contributed by atoms with E-state index in [-0.39, 0.29) is 5.91 Å². The maximum absolute atomic E-state index is 10.6. The highest BCUT2D eigenvalue weighted by Crippen LogP contribution is 1.98. The second-order valence-electron chi connectivity index (χ2n) is 2.06. The third kappa shape index (κ3) is 1.72. The molecular formula is C7H9NO. The fraction of sp³-hybridized carbons (Fsp3) is 0.286. The van der Waals surface area contributed by atoms with Crippen LogP contribution in [0.15, 0.2) is 23.9 Å². The van der Waals surface area contributed by atoms with Gasteiger partial charge in [0.15, 0.2) is 0 Å². The van der Waals surface area contributed by atoms with Crippen LogP contribution in [0.25, 0.3) is 0 Å². The van der Waals surface area contributed by atoms with Crippen LogP contribution >= 0.6 is 0 Å². The fourth-order valence-corrected chi connectivity index (χ4v) is 0.653. The molecule has 1 aliphatic heterocycles. The molecule has 0 aromatic carbocycles. The van der Waals surface area contributed by atoms with Crippen molar-refractivity contribution in [3.63, 3.8) is 0 Å². The summed E-state index contributed by atoms with van der Waals surface area (Å²) in [5.74, 6) is 0.0584. The number of rotatable bonds is 0. The zero-order valence-corrected chi connectivity index (χ0v) is 5.35. The molecule has 0 saturated carbocycles. The summed E-state index contributed by atoms with van der Waals surface area (Å²) >= 11 is 0. The second-order valence-corrected chi connectivity index (χ2v) is 2.06. The fourth-order valence-electron chi connectivity index (χ4n) is 0.653. The van der Waals surface area contributed by atoms with Gasteiger partial charge in [0.2, 0.25) is 5.91 Å². The van der Waals surface area contributed by atoms with E-state index in [1.54, 1.807) is 6.20 Å². The molecule has 48 valence electrons. The summed E-state index contributed by atoms with van der Waals surface area (Å²) in [6.45, 7) is 1.95. The predicted octanol–water partition coefficient (Wildman–Crippen LogP) is 0.966. The largest absolute Gasteiger partial charge is 0.332 e. The maximum atomic E-state index is 10.6. The van der Waals surface area contributed by atoms with Crippen LogP contribution in [0.4, 0.5) is 0 Å². The monoisotopic (exact) mass is 123 g/mol. The van der Waals surface area contributed by atoms with Crippen molar-refractivity contribution < 1.29 is 4.79 Å². The van der Waals surface area contributed by atoms with E-state index >= 15 is 0 Å². The number of allylic oxidation sites excluding steroid dienone is 2. The van der Waals surface area contributed by atoms with Crippen LogP contribution in [0.1, 0.15) is 13.3 Å². The lowest BCUT2D eigenvalue weighted by atomic mass is 10.3. The van der Waals surface area contributed by atoms with Gasteiger partial charge in [0.05, 0.1) is 0 Å². The van der Waals surface area contributed by atoms with E-state index in [1.165, 1.54) is 0 Å². The van der Waals surface area contributed by atoms with Gasteiger partial charge in [-0.2, -0.15) is 0 Å². The van der Waals surface area contributed by atoms with Crippen molar-refractivity contribution in [1.82, 2.24) is 5.32 Å². The van der Waals surface area contributed by atoms with Crippen molar-refractivity contribution in [2.24, 2.45) is 0 Å². The molecule has 1 aliphatic rings. The Balaban J connectivity index is 2.69. The van der Waals surface area contributed by atoms with Crippen molar-refractivity contribution in [3.8, 4) is 0 Å². The van der Waals surface area contributed by atoms with Crippen LogP contribution in [0.3, 0.4) is 0 Å². The average Bonchev–Trinajstić information content (AvgIpc) is 1.97. The van der Waals surface area contributed by atoms with Crippen molar-refractivity contribution in [3.05, 3.63) is 23.9 Å². The van der Waals surface area contributed by atoms with E-state index in [4.69, 9.17) is 0 Å². The van der Waals surface area contributed by atoms with E-state index in [0.29, 0.717) is 6.42 Å². The molecule has 0 aromatic heterocycles. The highest BCUT2D eigenvalue weighted by atomic mass is 16.1. The van der Waals surface area contributed by atoms with Crippen LogP contribution in [-0.2, 0) is 4.79 Å².